The Morgan fingerprint density at radius 1 is 0.893 bits per heavy atom. The van der Waals surface area contributed by atoms with Crippen molar-refractivity contribution < 1.29 is 9.59 Å². The highest BCUT2D eigenvalue weighted by Gasteiger charge is 2.25. The zero-order valence-electron chi connectivity index (χ0n) is 16.3. The number of rotatable bonds is 5. The molecule has 0 saturated carbocycles. The van der Waals surface area contributed by atoms with Crippen molar-refractivity contribution in [1.82, 2.24) is 0 Å². The molecule has 4 heteroatoms. The molecule has 0 amide bonds. The summed E-state index contributed by atoms with van der Waals surface area (Å²) < 4.78 is 0. The number of nitrogens with zero attached hydrogens (tertiary/aromatic N) is 1. The average Bonchev–Trinajstić information content (AvgIpc) is 2.70. The van der Waals surface area contributed by atoms with Crippen molar-refractivity contribution in [3.05, 3.63) is 47.5 Å². The van der Waals surface area contributed by atoms with Gasteiger partial charge in [0, 0.05) is 27.5 Å². The quantitative estimate of drug-likeness (QED) is 0.386. The first-order valence-corrected chi connectivity index (χ1v) is 10.1. The van der Waals surface area contributed by atoms with Crippen LogP contribution in [0, 0.1) is 23.7 Å². The summed E-state index contributed by atoms with van der Waals surface area (Å²) in [5.41, 5.74) is 3.34. The minimum atomic E-state index is -0.182. The molecule has 0 unspecified atom stereocenters. The van der Waals surface area contributed by atoms with E-state index < -0.39 is 0 Å². The van der Waals surface area contributed by atoms with E-state index in [4.69, 9.17) is 0 Å². The minimum Gasteiger partial charge on any atom is -0.340 e. The molecule has 140 valence electrons. The van der Waals surface area contributed by atoms with Crippen LogP contribution in [-0.2, 0) is 0 Å². The Kier molecular flexibility index (Phi) is 6.24. The molecule has 2 aromatic rings. The van der Waals surface area contributed by atoms with E-state index >= 15 is 0 Å². The summed E-state index contributed by atoms with van der Waals surface area (Å²) in [4.78, 5) is 28.6. The molecule has 1 heterocycles. The van der Waals surface area contributed by atoms with Crippen LogP contribution >= 0.6 is 11.8 Å². The summed E-state index contributed by atoms with van der Waals surface area (Å²) in [5.74, 6) is 10.2. The summed E-state index contributed by atoms with van der Waals surface area (Å²) in [5, 5.41) is 0. The first-order chi connectivity index (χ1) is 13.6. The zero-order valence-corrected chi connectivity index (χ0v) is 17.1. The Labute approximate surface area is 170 Å². The van der Waals surface area contributed by atoms with E-state index in [1.165, 1.54) is 0 Å². The molecule has 2 aromatic carbocycles. The fraction of sp³-hybridized carbons (Fsp3) is 0.250. The maximum atomic E-state index is 12.2. The molecule has 0 radical (unpaired) electrons. The number of fused-ring (bicyclic) bond motifs is 2. The van der Waals surface area contributed by atoms with Crippen molar-refractivity contribution in [2.75, 3.05) is 11.4 Å². The van der Waals surface area contributed by atoms with Crippen molar-refractivity contribution in [1.29, 1.82) is 0 Å². The van der Waals surface area contributed by atoms with Gasteiger partial charge in [-0.25, -0.2) is 0 Å². The fourth-order valence-electron chi connectivity index (χ4n) is 3.10. The number of unbranched alkanes of at least 4 members (excludes halogenated alkanes) is 1. The summed E-state index contributed by atoms with van der Waals surface area (Å²) >= 11 is 1.58. The fourth-order valence-corrected chi connectivity index (χ4v) is 4.27. The Morgan fingerprint density at radius 2 is 1.39 bits per heavy atom. The molecule has 0 atom stereocenters. The van der Waals surface area contributed by atoms with Gasteiger partial charge in [0.25, 0.3) is 0 Å². The Bertz CT molecular complexity index is 982. The molecule has 0 aromatic heterocycles. The molecule has 0 bridgehead atoms. The van der Waals surface area contributed by atoms with Crippen LogP contribution in [0.3, 0.4) is 0 Å². The van der Waals surface area contributed by atoms with Gasteiger partial charge in [-0.2, -0.15) is 0 Å². The molecular formula is C24H21NO2S. The number of carbonyl (C=O) groups excluding carboxylic acids is 2. The molecule has 0 N–H and O–H groups in total. The first kappa shape index (κ1) is 19.8. The third kappa shape index (κ3) is 3.98. The molecule has 0 saturated heterocycles. The highest BCUT2D eigenvalue weighted by Crippen LogP contribution is 2.48. The minimum absolute atomic E-state index is 0.182. The Balaban J connectivity index is 2.07. The molecule has 1 aliphatic heterocycles. The van der Waals surface area contributed by atoms with E-state index in [-0.39, 0.29) is 11.6 Å². The van der Waals surface area contributed by atoms with E-state index in [1.54, 1.807) is 25.6 Å². The number of hydrogen-bond donors (Lipinski definition) is 0. The summed E-state index contributed by atoms with van der Waals surface area (Å²) in [6.45, 7) is 6.36. The number of anilines is 2. The second kappa shape index (κ2) is 8.83. The van der Waals surface area contributed by atoms with Gasteiger partial charge in [0.2, 0.25) is 11.6 Å². The topological polar surface area (TPSA) is 37.4 Å². The summed E-state index contributed by atoms with van der Waals surface area (Å²) in [6.07, 6.45) is 2.13. The number of ketones is 2. The van der Waals surface area contributed by atoms with Gasteiger partial charge < -0.3 is 4.90 Å². The van der Waals surface area contributed by atoms with E-state index in [0.717, 1.165) is 40.6 Å². The van der Waals surface area contributed by atoms with Gasteiger partial charge in [0.15, 0.2) is 0 Å². The monoisotopic (exact) mass is 387 g/mol. The third-order valence-electron chi connectivity index (χ3n) is 4.46. The highest BCUT2D eigenvalue weighted by atomic mass is 32.2. The number of Topliss-reactive ketones (excluding diaryl/α,β-unsaturated/α-hetero) is 2. The summed E-state index contributed by atoms with van der Waals surface area (Å²) in [6, 6.07) is 11.5. The van der Waals surface area contributed by atoms with Crippen LogP contribution in [0.2, 0.25) is 0 Å². The van der Waals surface area contributed by atoms with Crippen molar-refractivity contribution in [2.45, 2.75) is 43.4 Å². The van der Waals surface area contributed by atoms with Crippen LogP contribution in [0.15, 0.2) is 46.2 Å². The Morgan fingerprint density at radius 3 is 1.82 bits per heavy atom. The van der Waals surface area contributed by atoms with Crippen LogP contribution in [0.5, 0.6) is 0 Å². The van der Waals surface area contributed by atoms with Crippen LogP contribution in [0.1, 0.15) is 54.3 Å². The molecular weight excluding hydrogens is 366 g/mol. The predicted octanol–water partition coefficient (Wildman–Crippen LogP) is 5.50. The maximum absolute atomic E-state index is 12.2. The largest absolute Gasteiger partial charge is 0.340 e. The first-order valence-electron chi connectivity index (χ1n) is 9.26. The van der Waals surface area contributed by atoms with E-state index in [2.05, 4.69) is 35.5 Å². The molecule has 0 spiro atoms. The zero-order chi connectivity index (χ0) is 20.1. The van der Waals surface area contributed by atoms with Crippen LogP contribution in [0.25, 0.3) is 0 Å². The molecule has 28 heavy (non-hydrogen) atoms. The third-order valence-corrected chi connectivity index (χ3v) is 5.55. The van der Waals surface area contributed by atoms with Gasteiger partial charge in [-0.1, -0.05) is 36.9 Å². The smallest absolute Gasteiger partial charge is 0.235 e. The molecule has 0 fully saturated rings. The molecule has 1 aliphatic rings. The normalized spacial score (nSPS) is 11.3. The second-order valence-corrected chi connectivity index (χ2v) is 7.46. The lowest BCUT2D eigenvalue weighted by Crippen LogP contribution is -2.22. The maximum Gasteiger partial charge on any atom is 0.235 e. The van der Waals surface area contributed by atoms with Crippen molar-refractivity contribution in [3.8, 4) is 23.7 Å². The van der Waals surface area contributed by atoms with Crippen LogP contribution in [-0.4, -0.2) is 18.1 Å². The summed E-state index contributed by atoms with van der Waals surface area (Å²) in [7, 11) is 0. The van der Waals surface area contributed by atoms with Crippen LogP contribution < -0.4 is 4.90 Å². The molecule has 3 rings (SSSR count). The van der Waals surface area contributed by atoms with E-state index in [9.17, 15) is 9.59 Å². The van der Waals surface area contributed by atoms with Gasteiger partial charge in [0.1, 0.15) is 0 Å². The van der Waals surface area contributed by atoms with Crippen molar-refractivity contribution >= 4 is 34.7 Å². The average molecular weight is 388 g/mol. The highest BCUT2D eigenvalue weighted by molar-refractivity contribution is 7.99. The SMILES string of the molecule is CC#CC(=O)c1ccc2c(c1)Sc1cc(C(=O)C#CC)ccc1N2CCCC. The van der Waals surface area contributed by atoms with Crippen molar-refractivity contribution in [2.24, 2.45) is 0 Å². The van der Waals surface area contributed by atoms with Gasteiger partial charge in [-0.05, 0) is 68.5 Å². The predicted molar refractivity (Wildman–Crippen MR) is 114 cm³/mol. The van der Waals surface area contributed by atoms with Gasteiger partial charge in [0.05, 0.1) is 11.4 Å². The lowest BCUT2D eigenvalue weighted by atomic mass is 10.1. The number of benzene rings is 2. The molecule has 0 aliphatic carbocycles. The number of hydrogen-bond acceptors (Lipinski definition) is 4. The van der Waals surface area contributed by atoms with E-state index in [0.29, 0.717) is 11.1 Å². The van der Waals surface area contributed by atoms with Gasteiger partial charge in [-0.15, -0.1) is 0 Å². The van der Waals surface area contributed by atoms with Crippen molar-refractivity contribution in [3.63, 3.8) is 0 Å². The lowest BCUT2D eigenvalue weighted by molar-refractivity contribution is 0.104. The standard InChI is InChI=1S/C24H21NO2S/c1-4-7-14-25-19-12-10-17(21(26)8-5-2)15-23(19)28-24-16-18(11-13-20(24)25)22(27)9-6-3/h10-13,15-16H,4,7,14H2,1-3H3. The lowest BCUT2D eigenvalue weighted by Gasteiger charge is -2.33. The second-order valence-electron chi connectivity index (χ2n) is 6.38. The van der Waals surface area contributed by atoms with Crippen LogP contribution in [0.4, 0.5) is 11.4 Å². The Hall–Kier alpha value is -2.95. The van der Waals surface area contributed by atoms with E-state index in [1.807, 2.05) is 36.4 Å². The van der Waals surface area contributed by atoms with Gasteiger partial charge >= 0.3 is 0 Å². The van der Waals surface area contributed by atoms with Gasteiger partial charge in [-0.3, -0.25) is 9.59 Å². The number of carbonyl (C=O) groups is 2. The molecule has 3 nitrogen and oxygen atoms in total.